The Morgan fingerprint density at radius 2 is 1.97 bits per heavy atom. The van der Waals surface area contributed by atoms with Gasteiger partial charge in [-0.1, -0.05) is 6.92 Å². The Kier molecular flexibility index (Phi) is 6.19. The zero-order valence-electron chi connectivity index (χ0n) is 19.2. The smallest absolute Gasteiger partial charge is 0.274 e. The molecule has 0 unspecified atom stereocenters. The first-order valence-electron chi connectivity index (χ1n) is 11.6. The lowest BCUT2D eigenvalue weighted by atomic mass is 9.76. The summed E-state index contributed by atoms with van der Waals surface area (Å²) in [5.41, 5.74) is 6.56. The summed E-state index contributed by atoms with van der Waals surface area (Å²) in [6, 6.07) is 5.18. The largest absolute Gasteiger partial charge is 0.490 e. The lowest BCUT2D eigenvalue weighted by Crippen LogP contribution is -2.31. The van der Waals surface area contributed by atoms with E-state index >= 15 is 4.39 Å². The summed E-state index contributed by atoms with van der Waals surface area (Å²) < 4.78 is 49.7. The fraction of sp³-hybridized carbons (Fsp3) is 0.346. The maximum atomic E-state index is 15.0. The fourth-order valence-corrected chi connectivity index (χ4v) is 5.18. The van der Waals surface area contributed by atoms with Crippen LogP contribution < -0.4 is 15.8 Å². The highest BCUT2D eigenvalue weighted by Gasteiger charge is 2.29. The second-order valence-corrected chi connectivity index (χ2v) is 9.35. The van der Waals surface area contributed by atoms with Gasteiger partial charge in [0.15, 0.2) is 11.6 Å². The number of ether oxygens (including phenoxy) is 1. The maximum absolute atomic E-state index is 15.0. The van der Waals surface area contributed by atoms with Gasteiger partial charge in [-0.15, -0.1) is 0 Å². The van der Waals surface area contributed by atoms with Crippen molar-refractivity contribution in [1.82, 2.24) is 9.97 Å². The number of hydrogen-bond acceptors (Lipinski definition) is 5. The number of nitrogens with one attached hydrogen (secondary N) is 1. The van der Waals surface area contributed by atoms with Crippen LogP contribution in [-0.4, -0.2) is 28.5 Å². The molecule has 0 bridgehead atoms. The number of hydrogen-bond donors (Lipinski definition) is 2. The number of fused-ring (bicyclic) bond motifs is 1. The van der Waals surface area contributed by atoms with Crippen LogP contribution in [-0.2, 0) is 6.42 Å². The molecule has 1 amide bonds. The Balaban J connectivity index is 1.46. The number of rotatable bonds is 4. The summed E-state index contributed by atoms with van der Waals surface area (Å²) in [4.78, 5) is 21.2. The molecular formula is C26H25F3N4O2. The minimum Gasteiger partial charge on any atom is -0.490 e. The van der Waals surface area contributed by atoms with Crippen LogP contribution >= 0.6 is 0 Å². The highest BCUT2D eigenvalue weighted by molar-refractivity contribution is 6.03. The van der Waals surface area contributed by atoms with E-state index in [9.17, 15) is 13.6 Å². The molecule has 6 nitrogen and oxygen atoms in total. The van der Waals surface area contributed by atoms with Gasteiger partial charge in [0.1, 0.15) is 23.0 Å². The van der Waals surface area contributed by atoms with Crippen LogP contribution in [0.5, 0.6) is 5.75 Å². The lowest BCUT2D eigenvalue weighted by molar-refractivity contribution is 0.102. The van der Waals surface area contributed by atoms with Gasteiger partial charge in [0.2, 0.25) is 0 Å². The Labute approximate surface area is 200 Å². The Morgan fingerprint density at radius 3 is 2.77 bits per heavy atom. The highest BCUT2D eigenvalue weighted by Crippen LogP contribution is 2.39. The van der Waals surface area contributed by atoms with E-state index in [1.807, 2.05) is 6.07 Å². The van der Waals surface area contributed by atoms with Crippen molar-refractivity contribution in [3.8, 4) is 17.0 Å². The summed E-state index contributed by atoms with van der Waals surface area (Å²) >= 11 is 0. The molecule has 0 spiro atoms. The van der Waals surface area contributed by atoms with Gasteiger partial charge in [-0.3, -0.25) is 9.78 Å². The van der Waals surface area contributed by atoms with Crippen LogP contribution in [0.15, 0.2) is 36.7 Å². The quantitative estimate of drug-likeness (QED) is 0.548. The zero-order chi connectivity index (χ0) is 24.7. The summed E-state index contributed by atoms with van der Waals surface area (Å²) in [6.45, 7) is 2.36. The van der Waals surface area contributed by atoms with Gasteiger partial charge in [-0.2, -0.15) is 0 Å². The van der Waals surface area contributed by atoms with E-state index in [2.05, 4.69) is 22.2 Å². The van der Waals surface area contributed by atoms with Gasteiger partial charge in [-0.25, -0.2) is 18.2 Å². The summed E-state index contributed by atoms with van der Waals surface area (Å²) in [5.74, 6) is -3.11. The van der Waals surface area contributed by atoms with E-state index in [1.165, 1.54) is 6.07 Å². The van der Waals surface area contributed by atoms with Crippen LogP contribution in [0, 0.1) is 23.4 Å². The van der Waals surface area contributed by atoms with Gasteiger partial charge in [0.25, 0.3) is 5.91 Å². The summed E-state index contributed by atoms with van der Waals surface area (Å²) in [7, 11) is 0. The molecule has 3 heterocycles. The Morgan fingerprint density at radius 1 is 1.14 bits per heavy atom. The number of nitrogens with zero attached hydrogens (tertiary/aromatic N) is 2. The Bertz CT molecular complexity index is 1290. The molecule has 1 aliphatic heterocycles. The molecule has 1 saturated carbocycles. The zero-order valence-corrected chi connectivity index (χ0v) is 19.2. The number of carbonyl (C=O) groups excluding carboxylic acids is 1. The first-order valence-corrected chi connectivity index (χ1v) is 11.6. The summed E-state index contributed by atoms with van der Waals surface area (Å²) in [6.07, 6.45) is 6.23. The first-order chi connectivity index (χ1) is 16.8. The third kappa shape index (κ3) is 4.48. The lowest BCUT2D eigenvalue weighted by Gasteiger charge is -2.32. The summed E-state index contributed by atoms with van der Waals surface area (Å²) in [5, 5.41) is 2.78. The molecule has 3 N–H and O–H groups in total. The molecular weight excluding hydrogens is 457 g/mol. The van der Waals surface area contributed by atoms with Crippen molar-refractivity contribution in [3.05, 3.63) is 70.9 Å². The minimum atomic E-state index is -1.03. The minimum absolute atomic E-state index is 0.0721. The average Bonchev–Trinajstić information content (AvgIpc) is 3.28. The van der Waals surface area contributed by atoms with Gasteiger partial charge >= 0.3 is 0 Å². The molecule has 3 aromatic rings. The van der Waals surface area contributed by atoms with E-state index < -0.39 is 34.6 Å². The number of amides is 1. The molecule has 2 aromatic heterocycles. The SMILES string of the molecule is C[C@@H]1C[C@@H](N)C[C@H](c2ccncc2NC(=O)c2ccc(F)c(-c3c(F)cc4c(c3F)OCC4)n2)C1. The molecule has 0 saturated heterocycles. The molecule has 1 aliphatic carbocycles. The topological polar surface area (TPSA) is 90.1 Å². The molecule has 2 aliphatic rings. The van der Waals surface area contributed by atoms with Crippen molar-refractivity contribution in [2.45, 2.75) is 44.6 Å². The number of anilines is 1. The van der Waals surface area contributed by atoms with Gasteiger partial charge < -0.3 is 15.8 Å². The second kappa shape index (κ2) is 9.30. The molecule has 9 heteroatoms. The van der Waals surface area contributed by atoms with Crippen molar-refractivity contribution < 1.29 is 22.7 Å². The Hall–Kier alpha value is -3.46. The third-order valence-corrected chi connectivity index (χ3v) is 6.71. The number of carbonyl (C=O) groups is 1. The number of nitrogens with two attached hydrogens (primary N) is 1. The van der Waals surface area contributed by atoms with E-state index in [1.54, 1.807) is 12.4 Å². The molecule has 3 atom stereocenters. The van der Waals surface area contributed by atoms with Crippen LogP contribution in [0.3, 0.4) is 0 Å². The van der Waals surface area contributed by atoms with Gasteiger partial charge in [0.05, 0.1) is 24.1 Å². The van der Waals surface area contributed by atoms with Crippen LogP contribution in [0.1, 0.15) is 53.7 Å². The van der Waals surface area contributed by atoms with Gasteiger partial charge in [-0.05, 0) is 60.9 Å². The molecule has 5 rings (SSSR count). The number of aromatic nitrogens is 2. The fourth-order valence-electron chi connectivity index (χ4n) is 5.18. The first kappa shape index (κ1) is 23.3. The molecule has 182 valence electrons. The van der Waals surface area contributed by atoms with Crippen LogP contribution in [0.25, 0.3) is 11.3 Å². The van der Waals surface area contributed by atoms with Crippen molar-refractivity contribution in [2.75, 3.05) is 11.9 Å². The van der Waals surface area contributed by atoms with E-state index in [0.717, 1.165) is 37.0 Å². The average molecular weight is 483 g/mol. The van der Waals surface area contributed by atoms with Crippen molar-refractivity contribution >= 4 is 11.6 Å². The molecule has 35 heavy (non-hydrogen) atoms. The molecule has 1 fully saturated rings. The molecule has 1 aromatic carbocycles. The van der Waals surface area contributed by atoms with E-state index in [-0.39, 0.29) is 30.0 Å². The number of pyridine rings is 2. The molecule has 0 radical (unpaired) electrons. The standard InChI is InChI=1S/C26H25F3N4O2/c1-13-8-15(10-16(30)9-13)17-4-6-31-12-21(17)33-26(34)20-3-2-18(27)24(32-20)22-19(28)11-14-5-7-35-25(14)23(22)29/h2-4,6,11-13,15-16H,5,7-10,30H2,1H3,(H,33,34)/t13-,15+,16+/m0/s1. The van der Waals surface area contributed by atoms with Crippen molar-refractivity contribution in [3.63, 3.8) is 0 Å². The van der Waals surface area contributed by atoms with Crippen LogP contribution in [0.4, 0.5) is 18.9 Å². The van der Waals surface area contributed by atoms with Crippen LogP contribution in [0.2, 0.25) is 0 Å². The number of benzene rings is 1. The van der Waals surface area contributed by atoms with E-state index in [0.29, 0.717) is 23.6 Å². The van der Waals surface area contributed by atoms with Gasteiger partial charge in [0, 0.05) is 24.2 Å². The second-order valence-electron chi connectivity index (χ2n) is 9.35. The number of halogens is 3. The van der Waals surface area contributed by atoms with Crippen molar-refractivity contribution in [1.29, 1.82) is 0 Å². The normalized spacial score (nSPS) is 21.3. The maximum Gasteiger partial charge on any atom is 0.274 e. The highest BCUT2D eigenvalue weighted by atomic mass is 19.1. The predicted molar refractivity (Wildman–Crippen MR) is 125 cm³/mol. The monoisotopic (exact) mass is 482 g/mol. The van der Waals surface area contributed by atoms with E-state index in [4.69, 9.17) is 10.5 Å². The van der Waals surface area contributed by atoms with Crippen molar-refractivity contribution in [2.24, 2.45) is 11.7 Å². The predicted octanol–water partition coefficient (Wildman–Crippen LogP) is 4.98. The third-order valence-electron chi connectivity index (χ3n) is 6.71.